The Hall–Kier alpha value is -1.90. The van der Waals surface area contributed by atoms with Gasteiger partial charge in [-0.2, -0.15) is 0 Å². The van der Waals surface area contributed by atoms with E-state index in [9.17, 15) is 9.90 Å². The molecule has 2 rings (SSSR count). The van der Waals surface area contributed by atoms with Crippen molar-refractivity contribution in [3.63, 3.8) is 0 Å². The van der Waals surface area contributed by atoms with E-state index in [1.807, 2.05) is 13.8 Å². The van der Waals surface area contributed by atoms with Crippen LogP contribution < -0.4 is 21.5 Å². The van der Waals surface area contributed by atoms with Gasteiger partial charge in [0, 0.05) is 43.6 Å². The summed E-state index contributed by atoms with van der Waals surface area (Å²) in [5.74, 6) is 6.39. The zero-order valence-corrected chi connectivity index (χ0v) is 15.2. The Morgan fingerprint density at radius 2 is 2.20 bits per heavy atom. The molecule has 2 heterocycles. The first-order valence-corrected chi connectivity index (χ1v) is 8.75. The number of nitrogens with one attached hydrogen (secondary N) is 2. The van der Waals surface area contributed by atoms with E-state index in [4.69, 9.17) is 10.6 Å². The number of amides is 1. The standard InChI is InChI=1S/C17H29N5O3/c1-4-22(18)16-12(3)15(21-13-5-7-25-8-6-13)14(9-19-16)17(24)20-11(2)10-23/h9,11,13,23H,4-8,10,18H2,1-3H3,(H,19,21)(H,20,24). The summed E-state index contributed by atoms with van der Waals surface area (Å²) in [4.78, 5) is 17.0. The van der Waals surface area contributed by atoms with Crippen LogP contribution in [0, 0.1) is 6.92 Å². The Kier molecular flexibility index (Phi) is 6.98. The predicted molar refractivity (Wildman–Crippen MR) is 97.7 cm³/mol. The molecule has 1 unspecified atom stereocenters. The average Bonchev–Trinajstić information content (AvgIpc) is 2.63. The maximum absolute atomic E-state index is 12.6. The van der Waals surface area contributed by atoms with Crippen molar-refractivity contribution in [3.05, 3.63) is 17.3 Å². The zero-order valence-electron chi connectivity index (χ0n) is 15.2. The molecule has 0 saturated carbocycles. The number of carbonyl (C=O) groups excluding carboxylic acids is 1. The fourth-order valence-electron chi connectivity index (χ4n) is 2.79. The second-order valence-electron chi connectivity index (χ2n) is 6.37. The summed E-state index contributed by atoms with van der Waals surface area (Å²) >= 11 is 0. The lowest BCUT2D eigenvalue weighted by Crippen LogP contribution is -2.37. The van der Waals surface area contributed by atoms with Crippen LogP contribution in [0.5, 0.6) is 0 Å². The van der Waals surface area contributed by atoms with E-state index < -0.39 is 0 Å². The number of hydrogen-bond donors (Lipinski definition) is 4. The summed E-state index contributed by atoms with van der Waals surface area (Å²) in [5.41, 5.74) is 2.03. The van der Waals surface area contributed by atoms with E-state index in [2.05, 4.69) is 15.6 Å². The molecular weight excluding hydrogens is 322 g/mol. The molecule has 1 fully saturated rings. The maximum atomic E-state index is 12.6. The molecule has 8 nitrogen and oxygen atoms in total. The normalized spacial score (nSPS) is 16.4. The molecule has 1 aliphatic heterocycles. The molecule has 1 amide bonds. The first-order valence-electron chi connectivity index (χ1n) is 8.75. The molecule has 5 N–H and O–H groups in total. The number of aromatic nitrogens is 1. The third-order valence-corrected chi connectivity index (χ3v) is 4.37. The smallest absolute Gasteiger partial charge is 0.255 e. The largest absolute Gasteiger partial charge is 0.394 e. The first-order chi connectivity index (χ1) is 12.0. The summed E-state index contributed by atoms with van der Waals surface area (Å²) in [6, 6.07) is -0.0950. The van der Waals surface area contributed by atoms with E-state index in [-0.39, 0.29) is 24.6 Å². The number of nitrogens with two attached hydrogens (primary N) is 1. The lowest BCUT2D eigenvalue weighted by atomic mass is 10.0. The van der Waals surface area contributed by atoms with Crippen molar-refractivity contribution in [1.29, 1.82) is 0 Å². The van der Waals surface area contributed by atoms with Gasteiger partial charge in [-0.15, -0.1) is 0 Å². The van der Waals surface area contributed by atoms with E-state index >= 15 is 0 Å². The van der Waals surface area contributed by atoms with Crippen LogP contribution in [0.1, 0.15) is 42.6 Å². The molecule has 8 heteroatoms. The van der Waals surface area contributed by atoms with Gasteiger partial charge in [0.15, 0.2) is 0 Å². The minimum Gasteiger partial charge on any atom is -0.394 e. The number of rotatable bonds is 7. The molecule has 0 spiro atoms. The summed E-state index contributed by atoms with van der Waals surface area (Å²) in [6.45, 7) is 7.49. The topological polar surface area (TPSA) is 113 Å². The maximum Gasteiger partial charge on any atom is 0.255 e. The van der Waals surface area contributed by atoms with Crippen molar-refractivity contribution in [3.8, 4) is 0 Å². The van der Waals surface area contributed by atoms with Gasteiger partial charge in [-0.1, -0.05) is 0 Å². The lowest BCUT2D eigenvalue weighted by Gasteiger charge is -2.28. The van der Waals surface area contributed by atoms with E-state index in [0.29, 0.717) is 31.1 Å². The Morgan fingerprint density at radius 3 is 2.80 bits per heavy atom. The molecule has 0 aliphatic carbocycles. The number of ether oxygens (including phenoxy) is 1. The van der Waals surface area contributed by atoms with Crippen LogP contribution in [-0.4, -0.2) is 54.4 Å². The van der Waals surface area contributed by atoms with Crippen LogP contribution >= 0.6 is 0 Å². The van der Waals surface area contributed by atoms with Crippen molar-refractivity contribution in [2.24, 2.45) is 5.84 Å². The van der Waals surface area contributed by atoms with Crippen LogP contribution in [0.15, 0.2) is 6.20 Å². The van der Waals surface area contributed by atoms with Crippen molar-refractivity contribution < 1.29 is 14.6 Å². The minimum atomic E-state index is -0.329. The Morgan fingerprint density at radius 1 is 1.52 bits per heavy atom. The van der Waals surface area contributed by atoms with Crippen LogP contribution in [0.4, 0.5) is 11.5 Å². The monoisotopic (exact) mass is 351 g/mol. The van der Waals surface area contributed by atoms with Gasteiger partial charge in [0.1, 0.15) is 5.82 Å². The second-order valence-corrected chi connectivity index (χ2v) is 6.37. The Balaban J connectivity index is 2.35. The Labute approximate surface area is 148 Å². The highest BCUT2D eigenvalue weighted by molar-refractivity contribution is 6.00. The molecular formula is C17H29N5O3. The Bertz CT molecular complexity index is 590. The van der Waals surface area contributed by atoms with Crippen LogP contribution in [0.25, 0.3) is 0 Å². The number of aliphatic hydroxyl groups excluding tert-OH is 1. The molecule has 1 aliphatic rings. The third kappa shape index (κ3) is 4.81. The van der Waals surface area contributed by atoms with Crippen molar-refractivity contribution >= 4 is 17.4 Å². The van der Waals surface area contributed by atoms with Gasteiger partial charge in [0.2, 0.25) is 0 Å². The van der Waals surface area contributed by atoms with Crippen LogP contribution in [-0.2, 0) is 4.74 Å². The highest BCUT2D eigenvalue weighted by Gasteiger charge is 2.23. The fraction of sp³-hybridized carbons (Fsp3) is 0.647. The van der Waals surface area contributed by atoms with Crippen molar-refractivity contribution in [1.82, 2.24) is 10.3 Å². The summed E-state index contributed by atoms with van der Waals surface area (Å²) in [6.07, 6.45) is 3.30. The summed E-state index contributed by atoms with van der Waals surface area (Å²) < 4.78 is 5.40. The fourth-order valence-corrected chi connectivity index (χ4v) is 2.79. The highest BCUT2D eigenvalue weighted by atomic mass is 16.5. The lowest BCUT2D eigenvalue weighted by molar-refractivity contribution is 0.0902. The minimum absolute atomic E-state index is 0.120. The van der Waals surface area contributed by atoms with Crippen molar-refractivity contribution in [2.75, 3.05) is 36.7 Å². The average molecular weight is 351 g/mol. The second kappa shape index (κ2) is 8.98. The molecule has 0 bridgehead atoms. The van der Waals surface area contributed by atoms with Gasteiger partial charge in [-0.3, -0.25) is 9.80 Å². The zero-order chi connectivity index (χ0) is 18.4. The van der Waals surface area contributed by atoms with Crippen LogP contribution in [0.2, 0.25) is 0 Å². The first kappa shape index (κ1) is 19.4. The number of anilines is 2. The van der Waals surface area contributed by atoms with E-state index in [1.165, 1.54) is 0 Å². The molecule has 1 saturated heterocycles. The predicted octanol–water partition coefficient (Wildman–Crippen LogP) is 0.792. The number of hydrogen-bond acceptors (Lipinski definition) is 7. The number of pyridine rings is 1. The van der Waals surface area contributed by atoms with Gasteiger partial charge >= 0.3 is 0 Å². The van der Waals surface area contributed by atoms with E-state index in [1.54, 1.807) is 18.1 Å². The molecule has 25 heavy (non-hydrogen) atoms. The van der Waals surface area contributed by atoms with Gasteiger partial charge in [-0.05, 0) is 33.6 Å². The highest BCUT2D eigenvalue weighted by Crippen LogP contribution is 2.29. The van der Waals surface area contributed by atoms with Gasteiger partial charge in [-0.25, -0.2) is 10.8 Å². The number of nitrogens with zero attached hydrogens (tertiary/aromatic N) is 2. The quantitative estimate of drug-likeness (QED) is 0.424. The number of carbonyl (C=O) groups is 1. The van der Waals surface area contributed by atoms with Crippen LogP contribution in [0.3, 0.4) is 0 Å². The third-order valence-electron chi connectivity index (χ3n) is 4.37. The van der Waals surface area contributed by atoms with Gasteiger partial charge < -0.3 is 20.5 Å². The molecule has 1 atom stereocenters. The SMILES string of the molecule is CCN(N)c1ncc(C(=O)NC(C)CO)c(NC2CCOCC2)c1C. The molecule has 140 valence electrons. The summed E-state index contributed by atoms with van der Waals surface area (Å²) in [5, 5.41) is 17.0. The van der Waals surface area contributed by atoms with Crippen molar-refractivity contribution in [2.45, 2.75) is 45.7 Å². The molecule has 1 aromatic heterocycles. The molecule has 0 radical (unpaired) electrons. The van der Waals surface area contributed by atoms with E-state index in [0.717, 1.165) is 24.1 Å². The van der Waals surface area contributed by atoms with Gasteiger partial charge in [0.25, 0.3) is 5.91 Å². The molecule has 0 aromatic carbocycles. The summed E-state index contributed by atoms with van der Waals surface area (Å²) in [7, 11) is 0. The van der Waals surface area contributed by atoms with Gasteiger partial charge in [0.05, 0.1) is 17.9 Å². The number of hydrazine groups is 1. The molecule has 1 aromatic rings. The number of aliphatic hydroxyl groups is 1.